The number of thioether (sulfide) groups is 1. The maximum atomic E-state index is 12.6. The van der Waals surface area contributed by atoms with Gasteiger partial charge < -0.3 is 5.32 Å². The molecule has 0 fully saturated rings. The number of thiazole rings is 1. The maximum absolute atomic E-state index is 12.6. The lowest BCUT2D eigenvalue weighted by Crippen LogP contribution is -2.16. The van der Waals surface area contributed by atoms with E-state index in [4.69, 9.17) is 0 Å². The van der Waals surface area contributed by atoms with Gasteiger partial charge in [-0.15, -0.1) is 11.3 Å². The fourth-order valence-corrected chi connectivity index (χ4v) is 5.78. The van der Waals surface area contributed by atoms with Crippen molar-refractivity contribution in [1.82, 2.24) is 15.0 Å². The van der Waals surface area contributed by atoms with Gasteiger partial charge in [-0.2, -0.15) is 0 Å². The lowest BCUT2D eigenvalue weighted by atomic mass is 10.3. The summed E-state index contributed by atoms with van der Waals surface area (Å²) in [7, 11) is -3.82. The molecule has 2 heterocycles. The molecule has 0 spiro atoms. The van der Waals surface area contributed by atoms with Gasteiger partial charge in [0, 0.05) is 17.4 Å². The number of amides is 1. The van der Waals surface area contributed by atoms with Gasteiger partial charge in [0.2, 0.25) is 5.91 Å². The number of carbonyl (C=O) groups is 1. The molecule has 0 radical (unpaired) electrons. The zero-order valence-corrected chi connectivity index (χ0v) is 19.6. The fourth-order valence-electron chi connectivity index (χ4n) is 2.92. The number of anilines is 2. The van der Waals surface area contributed by atoms with Crippen molar-refractivity contribution in [3.05, 3.63) is 66.1 Å². The minimum absolute atomic E-state index is 0.0632. The quantitative estimate of drug-likeness (QED) is 0.376. The summed E-state index contributed by atoms with van der Waals surface area (Å²) in [6.07, 6.45) is 0. The number of hydrogen-bond acceptors (Lipinski definition) is 8. The highest BCUT2D eigenvalue weighted by Gasteiger charge is 2.16. The van der Waals surface area contributed by atoms with E-state index in [1.165, 1.54) is 23.9 Å². The average Bonchev–Trinajstić information content (AvgIpc) is 3.15. The van der Waals surface area contributed by atoms with E-state index in [-0.39, 0.29) is 22.4 Å². The second-order valence-corrected chi connectivity index (χ2v) is 10.8. The van der Waals surface area contributed by atoms with Gasteiger partial charge in [0.15, 0.2) is 4.34 Å². The minimum Gasteiger partial charge on any atom is -0.325 e. The number of nitrogens with zero attached hydrogens (tertiary/aromatic N) is 3. The number of aromatic nitrogens is 3. The summed E-state index contributed by atoms with van der Waals surface area (Å²) >= 11 is 2.90. The van der Waals surface area contributed by atoms with Gasteiger partial charge in [0.1, 0.15) is 11.6 Å². The van der Waals surface area contributed by atoms with Crippen LogP contribution in [-0.4, -0.2) is 35.0 Å². The molecule has 2 aromatic carbocycles. The van der Waals surface area contributed by atoms with E-state index in [0.717, 1.165) is 14.6 Å². The molecule has 0 aliphatic rings. The molecule has 0 saturated carbocycles. The Balaban J connectivity index is 1.36. The van der Waals surface area contributed by atoms with Crippen molar-refractivity contribution in [2.75, 3.05) is 15.8 Å². The first-order chi connectivity index (χ1) is 15.3. The minimum atomic E-state index is -3.82. The number of sulfonamides is 1. The van der Waals surface area contributed by atoms with E-state index in [2.05, 4.69) is 25.0 Å². The Bertz CT molecular complexity index is 1330. The predicted molar refractivity (Wildman–Crippen MR) is 128 cm³/mol. The molecule has 0 unspecified atom stereocenters. The highest BCUT2D eigenvalue weighted by Crippen LogP contribution is 2.29. The summed E-state index contributed by atoms with van der Waals surface area (Å²) in [4.78, 5) is 25.1. The second-order valence-electron chi connectivity index (χ2n) is 6.86. The Morgan fingerprint density at radius 1 is 1.03 bits per heavy atom. The number of rotatable bonds is 7. The summed E-state index contributed by atoms with van der Waals surface area (Å²) in [5.74, 6) is 0.687. The summed E-state index contributed by atoms with van der Waals surface area (Å²) < 4.78 is 29.6. The third-order valence-corrected chi connectivity index (χ3v) is 7.80. The zero-order valence-electron chi connectivity index (χ0n) is 17.2. The van der Waals surface area contributed by atoms with Crippen molar-refractivity contribution in [3.63, 3.8) is 0 Å². The van der Waals surface area contributed by atoms with Crippen LogP contribution in [0.1, 0.15) is 11.5 Å². The monoisotopic (exact) mass is 485 g/mol. The third kappa shape index (κ3) is 5.42. The van der Waals surface area contributed by atoms with Crippen molar-refractivity contribution in [2.24, 2.45) is 0 Å². The molecular formula is C21H19N5O3S3. The van der Waals surface area contributed by atoms with Crippen LogP contribution in [0.3, 0.4) is 0 Å². The smallest absolute Gasteiger partial charge is 0.263 e. The Kier molecular flexibility index (Phi) is 6.40. The number of hydrogen-bond donors (Lipinski definition) is 2. The molecule has 0 atom stereocenters. The van der Waals surface area contributed by atoms with Crippen molar-refractivity contribution in [1.29, 1.82) is 0 Å². The molecule has 4 aromatic rings. The molecular weight excluding hydrogens is 466 g/mol. The maximum Gasteiger partial charge on any atom is 0.263 e. The predicted octanol–water partition coefficient (Wildman–Crippen LogP) is 4.23. The van der Waals surface area contributed by atoms with Crippen LogP contribution < -0.4 is 10.0 Å². The summed E-state index contributed by atoms with van der Waals surface area (Å²) in [6.45, 7) is 3.45. The lowest BCUT2D eigenvalue weighted by molar-refractivity contribution is -0.113. The third-order valence-electron chi connectivity index (χ3n) is 4.25. The highest BCUT2D eigenvalue weighted by molar-refractivity contribution is 8.01. The van der Waals surface area contributed by atoms with Gasteiger partial charge in [-0.3, -0.25) is 9.52 Å². The van der Waals surface area contributed by atoms with Gasteiger partial charge in [-0.1, -0.05) is 23.9 Å². The molecule has 164 valence electrons. The van der Waals surface area contributed by atoms with Gasteiger partial charge >= 0.3 is 0 Å². The molecule has 1 amide bonds. The molecule has 0 aliphatic heterocycles. The molecule has 2 N–H and O–H groups in total. The first-order valence-electron chi connectivity index (χ1n) is 9.52. The molecule has 2 aromatic heterocycles. The van der Waals surface area contributed by atoms with Crippen LogP contribution in [-0.2, 0) is 14.8 Å². The fraction of sp³-hybridized carbons (Fsp3) is 0.143. The normalized spacial score (nSPS) is 11.4. The Morgan fingerprint density at radius 2 is 1.78 bits per heavy atom. The van der Waals surface area contributed by atoms with Gasteiger partial charge in [-0.05, 0) is 50.2 Å². The van der Waals surface area contributed by atoms with Crippen LogP contribution in [0.2, 0.25) is 0 Å². The van der Waals surface area contributed by atoms with E-state index in [1.807, 2.05) is 24.3 Å². The Morgan fingerprint density at radius 3 is 2.50 bits per heavy atom. The van der Waals surface area contributed by atoms with E-state index >= 15 is 0 Å². The molecule has 8 nitrogen and oxygen atoms in total. The number of para-hydroxylation sites is 1. The van der Waals surface area contributed by atoms with Crippen LogP contribution >= 0.6 is 23.1 Å². The van der Waals surface area contributed by atoms with Crippen molar-refractivity contribution >= 4 is 60.8 Å². The number of nitrogens with one attached hydrogen (secondary N) is 2. The standard InChI is InChI=1S/C21H19N5O3S3/c1-13-11-19(23-14(2)22-13)26-32(28,29)16-9-7-15(8-10-16)24-20(27)12-30-21-25-17-5-3-4-6-18(17)31-21/h3-11H,12H2,1-2H3,(H,24,27)(H,22,23,26). The van der Waals surface area contributed by atoms with Crippen LogP contribution in [0.25, 0.3) is 10.2 Å². The Labute approximate surface area is 193 Å². The molecule has 0 bridgehead atoms. The number of carbonyl (C=O) groups excluding carboxylic acids is 1. The SMILES string of the molecule is Cc1cc(NS(=O)(=O)c2ccc(NC(=O)CSc3nc4ccccc4s3)cc2)nc(C)n1. The van der Waals surface area contributed by atoms with Crippen molar-refractivity contribution in [2.45, 2.75) is 23.1 Å². The summed E-state index contributed by atoms with van der Waals surface area (Å²) in [6, 6.07) is 15.3. The van der Waals surface area contributed by atoms with Crippen LogP contribution in [0, 0.1) is 13.8 Å². The second kappa shape index (κ2) is 9.23. The first-order valence-corrected chi connectivity index (χ1v) is 12.8. The van der Waals surface area contributed by atoms with E-state index in [0.29, 0.717) is 17.2 Å². The topological polar surface area (TPSA) is 114 Å². The lowest BCUT2D eigenvalue weighted by Gasteiger charge is -2.10. The van der Waals surface area contributed by atoms with Crippen molar-refractivity contribution < 1.29 is 13.2 Å². The molecule has 11 heteroatoms. The number of aryl methyl sites for hydroxylation is 2. The van der Waals surface area contributed by atoms with Gasteiger partial charge in [0.25, 0.3) is 10.0 Å². The average molecular weight is 486 g/mol. The summed E-state index contributed by atoms with van der Waals surface area (Å²) in [5.41, 5.74) is 2.09. The molecule has 0 saturated heterocycles. The Hall–Kier alpha value is -3.02. The molecule has 32 heavy (non-hydrogen) atoms. The van der Waals surface area contributed by atoms with Crippen molar-refractivity contribution in [3.8, 4) is 0 Å². The van der Waals surface area contributed by atoms with Crippen LogP contribution in [0.15, 0.2) is 63.8 Å². The van der Waals surface area contributed by atoms with E-state index in [9.17, 15) is 13.2 Å². The largest absolute Gasteiger partial charge is 0.325 e. The number of benzene rings is 2. The van der Waals surface area contributed by atoms with Gasteiger partial charge in [-0.25, -0.2) is 23.4 Å². The molecule has 4 rings (SSSR count). The van der Waals surface area contributed by atoms with Crippen LogP contribution in [0.4, 0.5) is 11.5 Å². The van der Waals surface area contributed by atoms with E-state index in [1.54, 1.807) is 43.4 Å². The first kappa shape index (κ1) is 22.2. The zero-order chi connectivity index (χ0) is 22.7. The van der Waals surface area contributed by atoms with Gasteiger partial charge in [0.05, 0.1) is 20.9 Å². The number of fused-ring (bicyclic) bond motifs is 1. The highest BCUT2D eigenvalue weighted by atomic mass is 32.2. The van der Waals surface area contributed by atoms with E-state index < -0.39 is 10.0 Å². The molecule has 0 aliphatic carbocycles. The van der Waals surface area contributed by atoms with Crippen LogP contribution in [0.5, 0.6) is 0 Å². The summed E-state index contributed by atoms with van der Waals surface area (Å²) in [5, 5.41) is 2.77.